The van der Waals surface area contributed by atoms with Gasteiger partial charge in [-0.15, -0.1) is 0 Å². The highest BCUT2D eigenvalue weighted by Crippen LogP contribution is 2.21. The van der Waals surface area contributed by atoms with Gasteiger partial charge in [-0.3, -0.25) is 4.79 Å². The maximum atomic E-state index is 11.5. The number of carbonyl (C=O) groups excluding carboxylic acids is 1. The van der Waals surface area contributed by atoms with Crippen molar-refractivity contribution in [3.63, 3.8) is 0 Å². The number of amides is 1. The normalized spacial score (nSPS) is 14.9. The molecule has 2 rings (SSSR count). The van der Waals surface area contributed by atoms with Crippen molar-refractivity contribution in [1.82, 2.24) is 4.90 Å². The van der Waals surface area contributed by atoms with Crippen molar-refractivity contribution >= 4 is 17.3 Å². The third-order valence-corrected chi connectivity index (χ3v) is 3.98. The first-order valence-electron chi connectivity index (χ1n) is 7.96. The van der Waals surface area contributed by atoms with Gasteiger partial charge in [0.05, 0.1) is 0 Å². The van der Waals surface area contributed by atoms with Crippen molar-refractivity contribution in [2.24, 2.45) is 0 Å². The smallest absolute Gasteiger partial charge is 0.222 e. The molecule has 1 aromatic carbocycles. The van der Waals surface area contributed by atoms with Crippen LogP contribution in [0.2, 0.25) is 0 Å². The summed E-state index contributed by atoms with van der Waals surface area (Å²) in [7, 11) is 3.60. The number of nitrogens with zero attached hydrogens (tertiary/aromatic N) is 2. The predicted octanol–water partition coefficient (Wildman–Crippen LogP) is 2.96. The average molecular weight is 289 g/mol. The van der Waals surface area contributed by atoms with Crippen molar-refractivity contribution < 1.29 is 4.79 Å². The molecule has 1 amide bonds. The van der Waals surface area contributed by atoms with Crippen molar-refractivity contribution in [2.75, 3.05) is 43.9 Å². The summed E-state index contributed by atoms with van der Waals surface area (Å²) < 4.78 is 0. The van der Waals surface area contributed by atoms with Gasteiger partial charge >= 0.3 is 0 Å². The van der Waals surface area contributed by atoms with Crippen LogP contribution in [0.5, 0.6) is 0 Å². The SMILES string of the molecule is CN(C)C(=O)CCCNc1ccc(N2CCCCC2)cc1. The highest BCUT2D eigenvalue weighted by atomic mass is 16.2. The molecule has 1 aliphatic heterocycles. The number of hydrogen-bond acceptors (Lipinski definition) is 3. The van der Waals surface area contributed by atoms with Gasteiger partial charge in [-0.2, -0.15) is 0 Å². The molecule has 1 saturated heterocycles. The predicted molar refractivity (Wildman–Crippen MR) is 88.9 cm³/mol. The molecule has 0 aliphatic carbocycles. The summed E-state index contributed by atoms with van der Waals surface area (Å²) in [6.45, 7) is 3.20. The molecule has 4 nitrogen and oxygen atoms in total. The van der Waals surface area contributed by atoms with Crippen LogP contribution in [0.4, 0.5) is 11.4 Å². The maximum absolute atomic E-state index is 11.5. The van der Waals surface area contributed by atoms with Crippen LogP contribution in [0.15, 0.2) is 24.3 Å². The Kier molecular flexibility index (Phi) is 5.90. The number of benzene rings is 1. The molecule has 1 aliphatic rings. The number of nitrogens with one attached hydrogen (secondary N) is 1. The Morgan fingerprint density at radius 3 is 2.43 bits per heavy atom. The van der Waals surface area contributed by atoms with E-state index in [9.17, 15) is 4.79 Å². The fourth-order valence-corrected chi connectivity index (χ4v) is 2.64. The largest absolute Gasteiger partial charge is 0.385 e. The van der Waals surface area contributed by atoms with Crippen LogP contribution < -0.4 is 10.2 Å². The van der Waals surface area contributed by atoms with Gasteiger partial charge in [-0.1, -0.05) is 0 Å². The number of piperidine rings is 1. The van der Waals surface area contributed by atoms with Crippen LogP contribution in [0.3, 0.4) is 0 Å². The van der Waals surface area contributed by atoms with Crippen molar-refractivity contribution in [3.8, 4) is 0 Å². The standard InChI is InChI=1S/C17H27N3O/c1-19(2)17(21)7-6-12-18-15-8-10-16(11-9-15)20-13-4-3-5-14-20/h8-11,18H,3-7,12-14H2,1-2H3. The second-order valence-electron chi connectivity index (χ2n) is 5.91. The Morgan fingerprint density at radius 1 is 1.14 bits per heavy atom. The van der Waals surface area contributed by atoms with Crippen LogP contribution in [0, 0.1) is 0 Å². The summed E-state index contributed by atoms with van der Waals surface area (Å²) in [5.41, 5.74) is 2.45. The monoisotopic (exact) mass is 289 g/mol. The second kappa shape index (κ2) is 7.91. The van der Waals surface area contributed by atoms with E-state index in [1.165, 1.54) is 38.0 Å². The van der Waals surface area contributed by atoms with E-state index >= 15 is 0 Å². The number of anilines is 2. The van der Waals surface area contributed by atoms with E-state index in [4.69, 9.17) is 0 Å². The zero-order valence-corrected chi connectivity index (χ0v) is 13.3. The van der Waals surface area contributed by atoms with E-state index in [-0.39, 0.29) is 5.91 Å². The third kappa shape index (κ3) is 4.96. The first kappa shape index (κ1) is 15.7. The first-order chi connectivity index (χ1) is 10.2. The topological polar surface area (TPSA) is 35.6 Å². The lowest BCUT2D eigenvalue weighted by atomic mass is 10.1. The Labute approximate surface area is 128 Å². The highest BCUT2D eigenvalue weighted by molar-refractivity contribution is 5.75. The Bertz CT molecular complexity index is 436. The minimum Gasteiger partial charge on any atom is -0.385 e. The van der Waals surface area contributed by atoms with Crippen LogP contribution >= 0.6 is 0 Å². The van der Waals surface area contributed by atoms with Crippen LogP contribution in [-0.4, -0.2) is 44.5 Å². The summed E-state index contributed by atoms with van der Waals surface area (Å²) in [5.74, 6) is 0.192. The van der Waals surface area contributed by atoms with Gasteiger partial charge in [0.1, 0.15) is 0 Å². The fourth-order valence-electron chi connectivity index (χ4n) is 2.64. The van der Waals surface area contributed by atoms with Crippen molar-refractivity contribution in [3.05, 3.63) is 24.3 Å². The summed E-state index contributed by atoms with van der Waals surface area (Å²) >= 11 is 0. The van der Waals surface area contributed by atoms with E-state index in [2.05, 4.69) is 34.5 Å². The van der Waals surface area contributed by atoms with Gasteiger partial charge in [0, 0.05) is 51.5 Å². The van der Waals surface area contributed by atoms with Gasteiger partial charge in [0.25, 0.3) is 0 Å². The van der Waals surface area contributed by atoms with Gasteiger partial charge < -0.3 is 15.1 Å². The molecular weight excluding hydrogens is 262 g/mol. The molecule has 21 heavy (non-hydrogen) atoms. The molecule has 0 unspecified atom stereocenters. The molecule has 0 radical (unpaired) electrons. The van der Waals surface area contributed by atoms with Crippen molar-refractivity contribution in [2.45, 2.75) is 32.1 Å². The van der Waals surface area contributed by atoms with Gasteiger partial charge in [0.2, 0.25) is 5.91 Å². The Morgan fingerprint density at radius 2 is 1.81 bits per heavy atom. The minimum atomic E-state index is 0.192. The molecule has 1 aromatic rings. The molecule has 0 bridgehead atoms. The second-order valence-corrected chi connectivity index (χ2v) is 5.91. The first-order valence-corrected chi connectivity index (χ1v) is 7.96. The zero-order valence-electron chi connectivity index (χ0n) is 13.3. The molecule has 0 atom stereocenters. The quantitative estimate of drug-likeness (QED) is 0.818. The molecule has 0 aromatic heterocycles. The summed E-state index contributed by atoms with van der Waals surface area (Å²) in [6, 6.07) is 8.66. The molecule has 0 spiro atoms. The van der Waals surface area contributed by atoms with Crippen molar-refractivity contribution in [1.29, 1.82) is 0 Å². The summed E-state index contributed by atoms with van der Waals surface area (Å²) in [5, 5.41) is 3.38. The molecule has 116 valence electrons. The molecular formula is C17H27N3O. The van der Waals surface area contributed by atoms with E-state index in [1.54, 1.807) is 19.0 Å². The lowest BCUT2D eigenvalue weighted by Crippen LogP contribution is -2.29. The number of carbonyl (C=O) groups is 1. The maximum Gasteiger partial charge on any atom is 0.222 e. The molecule has 1 N–H and O–H groups in total. The Balaban J connectivity index is 1.73. The zero-order chi connectivity index (χ0) is 15.1. The van der Waals surface area contributed by atoms with Crippen LogP contribution in [-0.2, 0) is 4.79 Å². The summed E-state index contributed by atoms with van der Waals surface area (Å²) in [6.07, 6.45) is 5.44. The lowest BCUT2D eigenvalue weighted by Gasteiger charge is -2.28. The number of hydrogen-bond donors (Lipinski definition) is 1. The van der Waals surface area contributed by atoms with Crippen LogP contribution in [0.1, 0.15) is 32.1 Å². The van der Waals surface area contributed by atoms with Gasteiger partial charge in [0.15, 0.2) is 0 Å². The minimum absolute atomic E-state index is 0.192. The summed E-state index contributed by atoms with van der Waals surface area (Å²) in [4.78, 5) is 15.6. The van der Waals surface area contributed by atoms with E-state index in [1.807, 2.05) is 0 Å². The van der Waals surface area contributed by atoms with E-state index in [0.717, 1.165) is 18.7 Å². The average Bonchev–Trinajstić information content (AvgIpc) is 2.52. The molecule has 1 heterocycles. The molecule has 1 fully saturated rings. The third-order valence-electron chi connectivity index (χ3n) is 3.98. The van der Waals surface area contributed by atoms with E-state index < -0.39 is 0 Å². The lowest BCUT2D eigenvalue weighted by molar-refractivity contribution is -0.128. The highest BCUT2D eigenvalue weighted by Gasteiger charge is 2.10. The molecule has 4 heteroatoms. The Hall–Kier alpha value is -1.71. The van der Waals surface area contributed by atoms with Crippen LogP contribution in [0.25, 0.3) is 0 Å². The number of rotatable bonds is 6. The fraction of sp³-hybridized carbons (Fsp3) is 0.588. The van der Waals surface area contributed by atoms with Gasteiger partial charge in [-0.25, -0.2) is 0 Å². The van der Waals surface area contributed by atoms with Gasteiger partial charge in [-0.05, 0) is 49.9 Å². The molecule has 0 saturated carbocycles. The van der Waals surface area contributed by atoms with E-state index in [0.29, 0.717) is 6.42 Å².